The van der Waals surface area contributed by atoms with Gasteiger partial charge in [0.15, 0.2) is 0 Å². The Morgan fingerprint density at radius 1 is 1.03 bits per heavy atom. The summed E-state index contributed by atoms with van der Waals surface area (Å²) in [6.45, 7) is 0.659. The largest absolute Gasteiger partial charge is 0.383 e. The number of nitrogen functional groups attached to an aromatic ring is 1. The molecule has 3 aromatic rings. The first-order valence-electron chi connectivity index (χ1n) is 9.23. The number of primary sulfonamides is 1. The molecule has 6 N–H and O–H groups in total. The Balaban J connectivity index is 1.53. The van der Waals surface area contributed by atoms with Crippen molar-refractivity contribution in [3.63, 3.8) is 0 Å². The Morgan fingerprint density at radius 3 is 2.29 bits per heavy atom. The first-order valence-corrected chi connectivity index (χ1v) is 10.8. The monoisotopic (exact) mass is 444 g/mol. The summed E-state index contributed by atoms with van der Waals surface area (Å²) in [5.41, 5.74) is 7.63. The molecule has 2 aromatic carbocycles. The maximum Gasteiger partial charge on any atom is 0.256 e. The molecular weight excluding hydrogens is 423 g/mol. The molecule has 1 aromatic heterocycles. The van der Waals surface area contributed by atoms with E-state index in [4.69, 9.17) is 10.9 Å². The molecule has 1 heterocycles. The van der Waals surface area contributed by atoms with Crippen molar-refractivity contribution in [2.24, 2.45) is 5.14 Å². The Kier molecular flexibility index (Phi) is 6.78. The van der Waals surface area contributed by atoms with Crippen molar-refractivity contribution < 1.29 is 17.6 Å². The molecule has 3 rings (SSSR count). The van der Waals surface area contributed by atoms with Crippen molar-refractivity contribution in [3.05, 3.63) is 77.2 Å². The number of anilines is 2. The molecule has 0 bridgehead atoms. The van der Waals surface area contributed by atoms with Gasteiger partial charge in [0.25, 0.3) is 5.91 Å². The zero-order valence-electron chi connectivity index (χ0n) is 16.4. The van der Waals surface area contributed by atoms with E-state index in [2.05, 4.69) is 20.6 Å². The fourth-order valence-electron chi connectivity index (χ4n) is 2.70. The topological polar surface area (TPSA) is 153 Å². The van der Waals surface area contributed by atoms with Gasteiger partial charge >= 0.3 is 0 Å². The van der Waals surface area contributed by atoms with E-state index in [1.165, 1.54) is 30.5 Å². The van der Waals surface area contributed by atoms with Crippen LogP contribution in [-0.4, -0.2) is 30.8 Å². The summed E-state index contributed by atoms with van der Waals surface area (Å²) in [5.74, 6) is -0.468. The van der Waals surface area contributed by atoms with E-state index in [-0.39, 0.29) is 34.6 Å². The quantitative estimate of drug-likeness (QED) is 0.410. The third kappa shape index (κ3) is 6.20. The highest BCUT2D eigenvalue weighted by Crippen LogP contribution is 2.12. The predicted octanol–water partition coefficient (Wildman–Crippen LogP) is 1.43. The lowest BCUT2D eigenvalue weighted by Gasteiger charge is -2.09. The van der Waals surface area contributed by atoms with Crippen molar-refractivity contribution in [1.29, 1.82) is 0 Å². The number of halogens is 1. The van der Waals surface area contributed by atoms with Gasteiger partial charge in [-0.25, -0.2) is 22.9 Å². The number of aromatic nitrogens is 2. The minimum atomic E-state index is -3.77. The third-order valence-corrected chi connectivity index (χ3v) is 5.31. The molecule has 0 aliphatic heterocycles. The van der Waals surface area contributed by atoms with Crippen LogP contribution in [0, 0.1) is 5.82 Å². The molecule has 0 atom stereocenters. The van der Waals surface area contributed by atoms with Crippen LogP contribution in [0.1, 0.15) is 21.5 Å². The number of nitrogens with zero attached hydrogens (tertiary/aromatic N) is 2. The fraction of sp³-hybridized carbons (Fsp3) is 0.150. The van der Waals surface area contributed by atoms with Crippen LogP contribution >= 0.6 is 0 Å². The molecule has 1 amide bonds. The number of rotatable bonds is 8. The summed E-state index contributed by atoms with van der Waals surface area (Å²) in [5, 5.41) is 10.7. The van der Waals surface area contributed by atoms with Crippen molar-refractivity contribution in [2.75, 3.05) is 17.6 Å². The summed E-state index contributed by atoms with van der Waals surface area (Å²) in [6.07, 6.45) is 1.96. The van der Waals surface area contributed by atoms with E-state index < -0.39 is 15.9 Å². The molecule has 0 radical (unpaired) electrons. The normalized spacial score (nSPS) is 11.2. The molecule has 0 spiro atoms. The van der Waals surface area contributed by atoms with Crippen LogP contribution in [0.5, 0.6) is 0 Å². The predicted molar refractivity (Wildman–Crippen MR) is 114 cm³/mol. The number of sulfonamides is 1. The molecule has 0 fully saturated rings. The van der Waals surface area contributed by atoms with Gasteiger partial charge in [0.2, 0.25) is 16.0 Å². The maximum atomic E-state index is 12.9. The van der Waals surface area contributed by atoms with E-state index in [1.54, 1.807) is 24.3 Å². The summed E-state index contributed by atoms with van der Waals surface area (Å²) < 4.78 is 35.5. The van der Waals surface area contributed by atoms with Crippen molar-refractivity contribution >= 4 is 27.7 Å². The van der Waals surface area contributed by atoms with Gasteiger partial charge in [-0.3, -0.25) is 4.79 Å². The molecule has 0 saturated carbocycles. The Bertz CT molecular complexity index is 1170. The van der Waals surface area contributed by atoms with Gasteiger partial charge in [-0.15, -0.1) is 0 Å². The van der Waals surface area contributed by atoms with E-state index in [0.717, 1.165) is 5.56 Å². The minimum Gasteiger partial charge on any atom is -0.383 e. The molecule has 9 nitrogen and oxygen atoms in total. The number of hydrogen-bond acceptors (Lipinski definition) is 7. The van der Waals surface area contributed by atoms with Crippen molar-refractivity contribution in [3.8, 4) is 0 Å². The highest BCUT2D eigenvalue weighted by Gasteiger charge is 2.13. The SMILES string of the molecule is Nc1nc(NCCc2ccc(F)cc2)ncc1C(=O)NCc1ccc(S(N)(=O)=O)cc1. The average Bonchev–Trinajstić information content (AvgIpc) is 2.73. The number of nitrogens with one attached hydrogen (secondary N) is 2. The molecule has 162 valence electrons. The number of benzene rings is 2. The van der Waals surface area contributed by atoms with Gasteiger partial charge in [0.05, 0.1) is 10.5 Å². The summed E-state index contributed by atoms with van der Waals surface area (Å²) >= 11 is 0. The van der Waals surface area contributed by atoms with Crippen LogP contribution in [-0.2, 0) is 23.0 Å². The van der Waals surface area contributed by atoms with E-state index in [0.29, 0.717) is 18.5 Å². The highest BCUT2D eigenvalue weighted by molar-refractivity contribution is 7.89. The van der Waals surface area contributed by atoms with Crippen LogP contribution in [0.25, 0.3) is 0 Å². The highest BCUT2D eigenvalue weighted by atomic mass is 32.2. The van der Waals surface area contributed by atoms with Gasteiger partial charge in [-0.1, -0.05) is 24.3 Å². The smallest absolute Gasteiger partial charge is 0.256 e. The fourth-order valence-corrected chi connectivity index (χ4v) is 3.21. The number of carbonyl (C=O) groups excluding carboxylic acids is 1. The molecule has 11 heteroatoms. The van der Waals surface area contributed by atoms with E-state index in [9.17, 15) is 17.6 Å². The van der Waals surface area contributed by atoms with Gasteiger partial charge in [-0.2, -0.15) is 4.98 Å². The minimum absolute atomic E-state index is 0.0114. The Hall–Kier alpha value is -3.57. The van der Waals surface area contributed by atoms with Crippen molar-refractivity contribution in [1.82, 2.24) is 15.3 Å². The number of carbonyl (C=O) groups is 1. The van der Waals surface area contributed by atoms with E-state index >= 15 is 0 Å². The van der Waals surface area contributed by atoms with Crippen LogP contribution in [0.4, 0.5) is 16.2 Å². The molecule has 0 unspecified atom stereocenters. The number of hydrogen-bond donors (Lipinski definition) is 4. The van der Waals surface area contributed by atoms with Crippen molar-refractivity contribution in [2.45, 2.75) is 17.9 Å². The molecule has 0 aliphatic carbocycles. The Morgan fingerprint density at radius 2 is 1.68 bits per heavy atom. The van der Waals surface area contributed by atoms with Gasteiger partial charge < -0.3 is 16.4 Å². The maximum absolute atomic E-state index is 12.9. The average molecular weight is 444 g/mol. The van der Waals surface area contributed by atoms with Gasteiger partial charge in [-0.05, 0) is 41.8 Å². The zero-order valence-corrected chi connectivity index (χ0v) is 17.2. The lowest BCUT2D eigenvalue weighted by atomic mass is 10.1. The molecular formula is C20H21FN6O3S. The molecule has 0 aliphatic rings. The third-order valence-electron chi connectivity index (χ3n) is 4.38. The summed E-state index contributed by atoms with van der Waals surface area (Å²) in [6, 6.07) is 12.0. The van der Waals surface area contributed by atoms with Crippen LogP contribution < -0.4 is 21.5 Å². The lowest BCUT2D eigenvalue weighted by molar-refractivity contribution is 0.0951. The zero-order chi connectivity index (χ0) is 22.4. The molecule has 31 heavy (non-hydrogen) atoms. The van der Waals surface area contributed by atoms with Gasteiger partial charge in [0.1, 0.15) is 11.6 Å². The summed E-state index contributed by atoms with van der Waals surface area (Å²) in [7, 11) is -3.77. The van der Waals surface area contributed by atoms with E-state index in [1.807, 2.05) is 0 Å². The first kappa shape index (κ1) is 22.1. The van der Waals surface area contributed by atoms with Crippen LogP contribution in [0.2, 0.25) is 0 Å². The standard InChI is InChI=1S/C20H21FN6O3S/c21-15-5-1-13(2-6-15)9-10-24-20-26-12-17(18(22)27-20)19(28)25-11-14-3-7-16(8-4-14)31(23,29)30/h1-8,12H,9-11H2,(H,25,28)(H2,23,29,30)(H3,22,24,26,27). The second-order valence-corrected chi connectivity index (χ2v) is 8.23. The van der Waals surface area contributed by atoms with Crippen LogP contribution in [0.3, 0.4) is 0 Å². The number of nitrogens with two attached hydrogens (primary N) is 2. The first-order chi connectivity index (χ1) is 14.7. The number of amides is 1. The Labute approximate surface area is 178 Å². The summed E-state index contributed by atoms with van der Waals surface area (Å²) in [4.78, 5) is 20.5. The second-order valence-electron chi connectivity index (χ2n) is 6.67. The molecule has 0 saturated heterocycles. The van der Waals surface area contributed by atoms with Gasteiger partial charge in [0, 0.05) is 19.3 Å². The van der Waals surface area contributed by atoms with Crippen LogP contribution in [0.15, 0.2) is 59.6 Å². The lowest BCUT2D eigenvalue weighted by Crippen LogP contribution is -2.25. The second kappa shape index (κ2) is 9.49.